The third-order valence-corrected chi connectivity index (χ3v) is 7.01. The topological polar surface area (TPSA) is 18.5 Å². The monoisotopic (exact) mass is 492 g/mol. The highest BCUT2D eigenvalue weighted by molar-refractivity contribution is 5.84. The van der Waals surface area contributed by atoms with E-state index in [-0.39, 0.29) is 12.2 Å². The second kappa shape index (κ2) is 10.9. The molecule has 0 spiro atoms. The summed E-state index contributed by atoms with van der Waals surface area (Å²) in [7, 11) is 1.74. The first-order valence-electron chi connectivity index (χ1n) is 12.0. The smallest absolute Gasteiger partial charge is 0.403 e. The summed E-state index contributed by atoms with van der Waals surface area (Å²) in [5, 5.41) is 1.39. The normalized spacial score (nSPS) is 18.7. The van der Waals surface area contributed by atoms with Crippen LogP contribution < -0.4 is 4.74 Å². The van der Waals surface area contributed by atoms with Gasteiger partial charge in [0, 0.05) is 19.1 Å². The molecule has 0 amide bonds. The number of aryl methyl sites for hydroxylation is 2. The van der Waals surface area contributed by atoms with Crippen LogP contribution in [-0.2, 0) is 17.6 Å². The molecular weight excluding hydrogens is 463 g/mol. The van der Waals surface area contributed by atoms with Gasteiger partial charge in [-0.1, -0.05) is 36.4 Å². The van der Waals surface area contributed by atoms with Crippen molar-refractivity contribution in [3.8, 4) is 5.75 Å². The zero-order chi connectivity index (χ0) is 25.0. The number of benzene rings is 3. The van der Waals surface area contributed by atoms with Gasteiger partial charge in [-0.2, -0.15) is 0 Å². The summed E-state index contributed by atoms with van der Waals surface area (Å²) < 4.78 is 75.0. The van der Waals surface area contributed by atoms with Gasteiger partial charge >= 0.3 is 6.36 Å². The van der Waals surface area contributed by atoms with E-state index in [2.05, 4.69) is 10.8 Å². The molecule has 3 aromatic rings. The fourth-order valence-corrected chi connectivity index (χ4v) is 5.06. The molecule has 1 saturated carbocycles. The summed E-state index contributed by atoms with van der Waals surface area (Å²) in [4.78, 5) is 0. The largest absolute Gasteiger partial charge is 0.573 e. The SMILES string of the molecule is COCCC1CCC(c2ccc3c(F)c(CCc4ccc(OC(F)(F)F)c(F)c4)ccc3c2)CC1. The van der Waals surface area contributed by atoms with Gasteiger partial charge in [0.1, 0.15) is 5.82 Å². The first-order chi connectivity index (χ1) is 16.7. The summed E-state index contributed by atoms with van der Waals surface area (Å²) in [5.41, 5.74) is 2.19. The first-order valence-corrected chi connectivity index (χ1v) is 12.0. The molecule has 35 heavy (non-hydrogen) atoms. The van der Waals surface area contributed by atoms with E-state index < -0.39 is 17.9 Å². The molecule has 0 bridgehead atoms. The molecule has 0 aliphatic heterocycles. The molecule has 0 heterocycles. The Balaban J connectivity index is 1.41. The molecule has 0 N–H and O–H groups in total. The van der Waals surface area contributed by atoms with Crippen molar-refractivity contribution in [3.63, 3.8) is 0 Å². The molecule has 2 nitrogen and oxygen atoms in total. The minimum atomic E-state index is -4.96. The maximum atomic E-state index is 15.2. The highest BCUT2D eigenvalue weighted by Gasteiger charge is 2.32. The van der Waals surface area contributed by atoms with Crippen LogP contribution in [0.3, 0.4) is 0 Å². The number of fused-ring (bicyclic) bond motifs is 1. The Kier molecular flexibility index (Phi) is 7.95. The molecule has 0 atom stereocenters. The van der Waals surface area contributed by atoms with Gasteiger partial charge < -0.3 is 9.47 Å². The van der Waals surface area contributed by atoms with Crippen LogP contribution in [0, 0.1) is 17.6 Å². The quantitative estimate of drug-likeness (QED) is 0.296. The number of halogens is 5. The summed E-state index contributed by atoms with van der Waals surface area (Å²) in [5.74, 6) is -1.08. The van der Waals surface area contributed by atoms with Gasteiger partial charge in [0.15, 0.2) is 11.6 Å². The first kappa shape index (κ1) is 25.4. The number of ether oxygens (including phenoxy) is 2. The standard InChI is InChI=1S/C28H29F5O2/c1-34-15-14-18-2-6-20(7-3-18)22-11-12-24-23(17-22)10-9-21(27(24)30)8-4-19-5-13-26(25(29)16-19)35-28(31,32)33/h5,9-13,16-18,20H,2-4,6-8,14-15H2,1H3. The van der Waals surface area contributed by atoms with Gasteiger partial charge in [0.25, 0.3) is 0 Å². The maximum Gasteiger partial charge on any atom is 0.573 e. The van der Waals surface area contributed by atoms with Crippen molar-refractivity contribution < 1.29 is 31.4 Å². The van der Waals surface area contributed by atoms with Crippen molar-refractivity contribution in [2.45, 2.75) is 57.2 Å². The van der Waals surface area contributed by atoms with Crippen molar-refractivity contribution >= 4 is 10.8 Å². The van der Waals surface area contributed by atoms with E-state index >= 15 is 4.39 Å². The van der Waals surface area contributed by atoms with E-state index in [1.54, 1.807) is 13.2 Å². The third kappa shape index (κ3) is 6.51. The fourth-order valence-electron chi connectivity index (χ4n) is 5.06. The number of methoxy groups -OCH3 is 1. The van der Waals surface area contributed by atoms with Crippen molar-refractivity contribution in [1.29, 1.82) is 0 Å². The Morgan fingerprint density at radius 2 is 1.66 bits per heavy atom. The predicted molar refractivity (Wildman–Crippen MR) is 126 cm³/mol. The number of rotatable bonds is 8. The minimum Gasteiger partial charge on any atom is -0.403 e. The molecule has 0 saturated heterocycles. The Labute approximate surface area is 202 Å². The van der Waals surface area contributed by atoms with Crippen LogP contribution in [0.15, 0.2) is 48.5 Å². The molecule has 0 aromatic heterocycles. The highest BCUT2D eigenvalue weighted by atomic mass is 19.4. The Morgan fingerprint density at radius 3 is 2.34 bits per heavy atom. The highest BCUT2D eigenvalue weighted by Crippen LogP contribution is 2.38. The molecular formula is C28H29F5O2. The van der Waals surface area contributed by atoms with Crippen LogP contribution in [-0.4, -0.2) is 20.1 Å². The number of alkyl halides is 3. The lowest BCUT2D eigenvalue weighted by atomic mass is 9.77. The van der Waals surface area contributed by atoms with Gasteiger partial charge in [0.2, 0.25) is 0 Å². The van der Waals surface area contributed by atoms with Crippen LogP contribution in [0.5, 0.6) is 5.75 Å². The molecule has 3 aromatic carbocycles. The zero-order valence-corrected chi connectivity index (χ0v) is 19.6. The second-order valence-electron chi connectivity index (χ2n) is 9.33. The van der Waals surface area contributed by atoms with E-state index in [9.17, 15) is 17.6 Å². The van der Waals surface area contributed by atoms with Crippen LogP contribution in [0.1, 0.15) is 54.7 Å². The van der Waals surface area contributed by atoms with Crippen molar-refractivity contribution in [2.75, 3.05) is 13.7 Å². The summed E-state index contributed by atoms with van der Waals surface area (Å²) in [6.07, 6.45) is 1.36. The van der Waals surface area contributed by atoms with Crippen LogP contribution >= 0.6 is 0 Å². The van der Waals surface area contributed by atoms with Crippen molar-refractivity contribution in [3.05, 3.63) is 76.9 Å². The van der Waals surface area contributed by atoms with Gasteiger partial charge in [-0.3, -0.25) is 0 Å². The van der Waals surface area contributed by atoms with Crippen LogP contribution in [0.4, 0.5) is 22.0 Å². The minimum absolute atomic E-state index is 0.288. The lowest BCUT2D eigenvalue weighted by Gasteiger charge is -2.29. The zero-order valence-electron chi connectivity index (χ0n) is 19.6. The van der Waals surface area contributed by atoms with Gasteiger partial charge in [-0.15, -0.1) is 13.2 Å². The maximum absolute atomic E-state index is 15.2. The molecule has 0 unspecified atom stereocenters. The van der Waals surface area contributed by atoms with Gasteiger partial charge in [-0.05, 0) is 91.0 Å². The molecule has 1 fully saturated rings. The van der Waals surface area contributed by atoms with Gasteiger partial charge in [0.05, 0.1) is 0 Å². The second-order valence-corrected chi connectivity index (χ2v) is 9.33. The van der Waals surface area contributed by atoms with E-state index in [1.807, 2.05) is 18.2 Å². The van der Waals surface area contributed by atoms with Crippen molar-refractivity contribution in [1.82, 2.24) is 0 Å². The summed E-state index contributed by atoms with van der Waals surface area (Å²) >= 11 is 0. The average molecular weight is 493 g/mol. The Bertz CT molecular complexity index is 1150. The molecule has 0 radical (unpaired) electrons. The van der Waals surface area contributed by atoms with E-state index in [0.29, 0.717) is 34.8 Å². The predicted octanol–water partition coefficient (Wildman–Crippen LogP) is 8.11. The van der Waals surface area contributed by atoms with Crippen LogP contribution in [0.2, 0.25) is 0 Å². The van der Waals surface area contributed by atoms with Crippen molar-refractivity contribution in [2.24, 2.45) is 5.92 Å². The van der Waals surface area contributed by atoms with Gasteiger partial charge in [-0.25, -0.2) is 8.78 Å². The number of hydrogen-bond donors (Lipinski definition) is 0. The third-order valence-electron chi connectivity index (χ3n) is 7.01. The van der Waals surface area contributed by atoms with E-state index in [1.165, 1.54) is 24.5 Å². The molecule has 7 heteroatoms. The Morgan fingerprint density at radius 1 is 0.886 bits per heavy atom. The fraction of sp³-hybridized carbons (Fsp3) is 0.429. The van der Waals surface area contributed by atoms with E-state index in [0.717, 1.165) is 43.4 Å². The number of hydrogen-bond acceptors (Lipinski definition) is 2. The van der Waals surface area contributed by atoms with E-state index in [4.69, 9.17) is 4.74 Å². The average Bonchev–Trinajstić information content (AvgIpc) is 2.83. The molecule has 1 aliphatic carbocycles. The lowest BCUT2D eigenvalue weighted by Crippen LogP contribution is -2.18. The lowest BCUT2D eigenvalue weighted by molar-refractivity contribution is -0.275. The Hall–Kier alpha value is -2.67. The van der Waals surface area contributed by atoms with Crippen LogP contribution in [0.25, 0.3) is 10.8 Å². The molecule has 188 valence electrons. The summed E-state index contributed by atoms with van der Waals surface area (Å²) in [6, 6.07) is 12.9. The molecule has 4 rings (SSSR count). The molecule has 1 aliphatic rings. The summed E-state index contributed by atoms with van der Waals surface area (Å²) in [6.45, 7) is 0.805.